The van der Waals surface area contributed by atoms with E-state index in [-0.39, 0.29) is 36.7 Å². The van der Waals surface area contributed by atoms with E-state index in [9.17, 15) is 9.59 Å². The zero-order valence-corrected chi connectivity index (χ0v) is 16.2. The molecule has 0 amide bonds. The van der Waals surface area contributed by atoms with Crippen LogP contribution in [-0.4, -0.2) is 50.6 Å². The zero-order chi connectivity index (χ0) is 18.7. The average Bonchev–Trinajstić information content (AvgIpc) is 2.77. The zero-order valence-electron chi connectivity index (χ0n) is 16.2. The van der Waals surface area contributed by atoms with Gasteiger partial charge in [-0.15, -0.1) is 0 Å². The lowest BCUT2D eigenvalue weighted by atomic mass is 9.67. The van der Waals surface area contributed by atoms with E-state index in [2.05, 4.69) is 0 Å². The molecule has 2 aliphatic carbocycles. The van der Waals surface area contributed by atoms with Crippen LogP contribution in [0.2, 0.25) is 0 Å². The number of hydrogen-bond acceptors (Lipinski definition) is 6. The Labute approximate surface area is 155 Å². The third-order valence-electron chi connectivity index (χ3n) is 6.27. The van der Waals surface area contributed by atoms with Crippen LogP contribution in [0.15, 0.2) is 0 Å². The maximum atomic E-state index is 12.1. The van der Waals surface area contributed by atoms with Gasteiger partial charge in [-0.25, -0.2) is 0 Å². The van der Waals surface area contributed by atoms with Gasteiger partial charge in [-0.1, -0.05) is 6.92 Å². The fourth-order valence-corrected chi connectivity index (χ4v) is 4.39. The Morgan fingerprint density at radius 3 is 2.65 bits per heavy atom. The van der Waals surface area contributed by atoms with Crippen molar-refractivity contribution in [1.82, 2.24) is 0 Å². The van der Waals surface area contributed by atoms with Gasteiger partial charge in [0.2, 0.25) is 0 Å². The smallest absolute Gasteiger partial charge is 0.311 e. The molecule has 148 valence electrons. The largest absolute Gasteiger partial charge is 0.463 e. The van der Waals surface area contributed by atoms with Crippen molar-refractivity contribution in [1.29, 1.82) is 0 Å². The molecule has 0 radical (unpaired) electrons. The van der Waals surface area contributed by atoms with Gasteiger partial charge < -0.3 is 18.9 Å². The van der Waals surface area contributed by atoms with Crippen LogP contribution in [-0.2, 0) is 28.5 Å². The van der Waals surface area contributed by atoms with Crippen molar-refractivity contribution in [2.45, 2.75) is 65.1 Å². The quantitative estimate of drug-likeness (QED) is 0.460. The van der Waals surface area contributed by atoms with Crippen molar-refractivity contribution < 1.29 is 28.5 Å². The summed E-state index contributed by atoms with van der Waals surface area (Å²) in [5.41, 5.74) is -0.446. The molecule has 5 unspecified atom stereocenters. The molecule has 4 fully saturated rings. The standard InChI is InChI=1S/C20H32O6/c1-4-20(2,3)19(22)25-8-6-23-5-7-24-17-14-9-13-10-15(12-14)18(21)26-16(17)11-13/h13-17H,4-12H2,1-3H3. The van der Waals surface area contributed by atoms with Crippen LogP contribution in [0.4, 0.5) is 0 Å². The maximum absolute atomic E-state index is 12.1. The van der Waals surface area contributed by atoms with E-state index in [1.165, 1.54) is 0 Å². The van der Waals surface area contributed by atoms with Crippen LogP contribution >= 0.6 is 0 Å². The van der Waals surface area contributed by atoms with E-state index in [1.54, 1.807) is 0 Å². The van der Waals surface area contributed by atoms with Crippen molar-refractivity contribution in [3.05, 3.63) is 0 Å². The predicted octanol–water partition coefficient (Wildman–Crippen LogP) is 2.73. The van der Waals surface area contributed by atoms with E-state index < -0.39 is 5.41 Å². The number of hydrogen-bond donors (Lipinski definition) is 0. The summed E-state index contributed by atoms with van der Waals surface area (Å²) in [6, 6.07) is 0. The molecular formula is C20H32O6. The Kier molecular flexibility index (Phi) is 6.23. The minimum Gasteiger partial charge on any atom is -0.463 e. The molecule has 2 saturated heterocycles. The summed E-state index contributed by atoms with van der Waals surface area (Å²) in [5.74, 6) is 0.915. The summed E-state index contributed by atoms with van der Waals surface area (Å²) >= 11 is 0. The molecule has 4 aliphatic rings. The minimum atomic E-state index is -0.446. The Morgan fingerprint density at radius 2 is 1.88 bits per heavy atom. The van der Waals surface area contributed by atoms with Gasteiger partial charge in [0.25, 0.3) is 0 Å². The fourth-order valence-electron chi connectivity index (χ4n) is 4.39. The molecule has 0 aromatic rings. The fraction of sp³-hybridized carbons (Fsp3) is 0.900. The van der Waals surface area contributed by atoms with Crippen molar-refractivity contribution in [2.75, 3.05) is 26.4 Å². The SMILES string of the molecule is CCC(C)(C)C(=O)OCCOCCOC1C2CC3CC(C2)C(=O)OC1C3. The summed E-state index contributed by atoms with van der Waals surface area (Å²) in [6.45, 7) is 7.28. The van der Waals surface area contributed by atoms with Crippen molar-refractivity contribution in [2.24, 2.45) is 23.2 Å². The second-order valence-corrected chi connectivity index (χ2v) is 8.56. The lowest BCUT2D eigenvalue weighted by molar-refractivity contribution is -0.162. The monoisotopic (exact) mass is 368 g/mol. The van der Waals surface area contributed by atoms with Gasteiger partial charge in [0.05, 0.1) is 37.3 Å². The number of esters is 2. The lowest BCUT2D eigenvalue weighted by Gasteiger charge is -2.41. The molecule has 0 aromatic carbocycles. The molecule has 4 bridgehead atoms. The van der Waals surface area contributed by atoms with E-state index >= 15 is 0 Å². The van der Waals surface area contributed by atoms with Gasteiger partial charge in [0, 0.05) is 0 Å². The molecule has 0 spiro atoms. The van der Waals surface area contributed by atoms with Gasteiger partial charge in [-0.2, -0.15) is 0 Å². The number of fused-ring (bicyclic) bond motifs is 1. The van der Waals surface area contributed by atoms with Crippen LogP contribution in [0.25, 0.3) is 0 Å². The predicted molar refractivity (Wildman–Crippen MR) is 94.4 cm³/mol. The molecular weight excluding hydrogens is 336 g/mol. The Balaban J connectivity index is 1.32. The first-order chi connectivity index (χ1) is 12.4. The van der Waals surface area contributed by atoms with E-state index in [4.69, 9.17) is 18.9 Å². The van der Waals surface area contributed by atoms with Gasteiger partial charge >= 0.3 is 11.9 Å². The van der Waals surface area contributed by atoms with Crippen LogP contribution in [0, 0.1) is 23.2 Å². The lowest BCUT2D eigenvalue weighted by Crippen LogP contribution is -2.44. The van der Waals surface area contributed by atoms with Crippen LogP contribution < -0.4 is 0 Å². The third-order valence-corrected chi connectivity index (χ3v) is 6.27. The summed E-state index contributed by atoms with van der Waals surface area (Å²) in [5, 5.41) is 0. The highest BCUT2D eigenvalue weighted by Gasteiger charge is 2.50. The van der Waals surface area contributed by atoms with Crippen molar-refractivity contribution in [3.63, 3.8) is 0 Å². The molecule has 0 aromatic heterocycles. The minimum absolute atomic E-state index is 0.00674. The molecule has 4 rings (SSSR count). The average molecular weight is 368 g/mol. The second kappa shape index (κ2) is 8.26. The molecule has 2 saturated carbocycles. The maximum Gasteiger partial charge on any atom is 0.311 e. The topological polar surface area (TPSA) is 71.1 Å². The van der Waals surface area contributed by atoms with Gasteiger partial charge in [0.1, 0.15) is 12.7 Å². The molecule has 2 aliphatic heterocycles. The Bertz CT molecular complexity index is 516. The summed E-state index contributed by atoms with van der Waals surface area (Å²) in [7, 11) is 0. The molecule has 6 nitrogen and oxygen atoms in total. The molecule has 26 heavy (non-hydrogen) atoms. The van der Waals surface area contributed by atoms with Gasteiger partial charge in [0.15, 0.2) is 0 Å². The Hall–Kier alpha value is -1.14. The highest BCUT2D eigenvalue weighted by molar-refractivity contribution is 5.75. The van der Waals surface area contributed by atoms with Crippen LogP contribution in [0.5, 0.6) is 0 Å². The first-order valence-corrected chi connectivity index (χ1v) is 9.97. The second-order valence-electron chi connectivity index (χ2n) is 8.56. The molecule has 2 heterocycles. The summed E-state index contributed by atoms with van der Waals surface area (Å²) in [4.78, 5) is 23.9. The van der Waals surface area contributed by atoms with E-state index in [0.717, 1.165) is 32.1 Å². The summed E-state index contributed by atoms with van der Waals surface area (Å²) < 4.78 is 22.4. The van der Waals surface area contributed by atoms with Crippen molar-refractivity contribution >= 4 is 11.9 Å². The first-order valence-electron chi connectivity index (χ1n) is 9.97. The number of rotatable bonds is 9. The number of ether oxygens (including phenoxy) is 4. The van der Waals surface area contributed by atoms with Crippen LogP contribution in [0.3, 0.4) is 0 Å². The van der Waals surface area contributed by atoms with Crippen molar-refractivity contribution in [3.8, 4) is 0 Å². The number of carbonyl (C=O) groups is 2. The van der Waals surface area contributed by atoms with E-state index in [0.29, 0.717) is 31.7 Å². The first kappa shape index (κ1) is 19.6. The van der Waals surface area contributed by atoms with Crippen LogP contribution in [0.1, 0.15) is 52.9 Å². The van der Waals surface area contributed by atoms with E-state index in [1.807, 2.05) is 20.8 Å². The van der Waals surface area contributed by atoms with Gasteiger partial charge in [-0.05, 0) is 57.8 Å². The normalized spacial score (nSPS) is 33.0. The molecule has 0 N–H and O–H groups in total. The third kappa shape index (κ3) is 4.39. The highest BCUT2D eigenvalue weighted by atomic mass is 16.6. The Morgan fingerprint density at radius 1 is 1.12 bits per heavy atom. The highest BCUT2D eigenvalue weighted by Crippen LogP contribution is 2.48. The molecule has 6 heteroatoms. The molecule has 5 atom stereocenters. The summed E-state index contributed by atoms with van der Waals surface area (Å²) in [6.07, 6.45) is 4.65. The van der Waals surface area contributed by atoms with Gasteiger partial charge in [-0.3, -0.25) is 9.59 Å². The number of carbonyl (C=O) groups excluding carboxylic acids is 2.